The standard InChI is InChI=1S/C17H20N4O2S/c1-3-11-24-17-19-13-14(18-15(22)16(23)20(13)2)21(17)10-9-12-7-5-4-6-8-12/h4-8H,3,9-11H2,1-2H3,(H,18,22). The number of nitrogens with one attached hydrogen (secondary N) is 1. The molecule has 7 heteroatoms. The number of H-pyrrole nitrogens is 1. The Hall–Kier alpha value is -2.28. The summed E-state index contributed by atoms with van der Waals surface area (Å²) in [4.78, 5) is 31.0. The van der Waals surface area contributed by atoms with Crippen molar-refractivity contribution in [1.29, 1.82) is 0 Å². The summed E-state index contributed by atoms with van der Waals surface area (Å²) in [5.41, 5.74) is 1.15. The average Bonchev–Trinajstić information content (AvgIpc) is 2.94. The van der Waals surface area contributed by atoms with Gasteiger partial charge in [-0.1, -0.05) is 49.0 Å². The number of hydrogen-bond donors (Lipinski definition) is 1. The predicted octanol–water partition coefficient (Wildman–Crippen LogP) is 2.17. The van der Waals surface area contributed by atoms with Crippen molar-refractivity contribution in [3.8, 4) is 0 Å². The summed E-state index contributed by atoms with van der Waals surface area (Å²) in [6.07, 6.45) is 1.86. The summed E-state index contributed by atoms with van der Waals surface area (Å²) in [5, 5.41) is 0.833. The van der Waals surface area contributed by atoms with Gasteiger partial charge in [-0.15, -0.1) is 0 Å². The van der Waals surface area contributed by atoms with Gasteiger partial charge in [-0.05, 0) is 18.4 Å². The van der Waals surface area contributed by atoms with Crippen molar-refractivity contribution in [3.05, 3.63) is 56.6 Å². The molecule has 0 amide bonds. The number of imidazole rings is 1. The lowest BCUT2D eigenvalue weighted by Crippen LogP contribution is -2.35. The Labute approximate surface area is 143 Å². The first-order valence-corrected chi connectivity index (χ1v) is 8.96. The highest BCUT2D eigenvalue weighted by Crippen LogP contribution is 2.22. The second-order valence-corrected chi connectivity index (χ2v) is 6.68. The molecule has 0 radical (unpaired) electrons. The van der Waals surface area contributed by atoms with Gasteiger partial charge in [0.05, 0.1) is 0 Å². The Morgan fingerprint density at radius 1 is 1.21 bits per heavy atom. The van der Waals surface area contributed by atoms with E-state index in [2.05, 4.69) is 29.0 Å². The van der Waals surface area contributed by atoms with Crippen molar-refractivity contribution < 1.29 is 0 Å². The molecule has 0 bridgehead atoms. The third-order valence-electron chi connectivity index (χ3n) is 3.86. The van der Waals surface area contributed by atoms with Crippen molar-refractivity contribution >= 4 is 23.1 Å². The van der Waals surface area contributed by atoms with E-state index in [0.29, 0.717) is 17.8 Å². The molecule has 2 aromatic heterocycles. The number of thioether (sulfide) groups is 1. The Morgan fingerprint density at radius 3 is 2.67 bits per heavy atom. The van der Waals surface area contributed by atoms with E-state index in [4.69, 9.17) is 0 Å². The minimum atomic E-state index is -0.613. The lowest BCUT2D eigenvalue weighted by molar-refractivity contribution is 0.646. The zero-order valence-corrected chi connectivity index (χ0v) is 14.6. The van der Waals surface area contributed by atoms with Crippen LogP contribution in [0.5, 0.6) is 0 Å². The van der Waals surface area contributed by atoms with Gasteiger partial charge < -0.3 is 9.55 Å². The summed E-state index contributed by atoms with van der Waals surface area (Å²) < 4.78 is 3.33. The van der Waals surface area contributed by atoms with E-state index < -0.39 is 11.1 Å². The number of aromatic amines is 1. The highest BCUT2D eigenvalue weighted by molar-refractivity contribution is 7.99. The van der Waals surface area contributed by atoms with Gasteiger partial charge >= 0.3 is 11.1 Å². The molecule has 0 saturated heterocycles. The van der Waals surface area contributed by atoms with Gasteiger partial charge in [0.2, 0.25) is 0 Å². The summed E-state index contributed by atoms with van der Waals surface area (Å²) in [6, 6.07) is 10.2. The third-order valence-corrected chi connectivity index (χ3v) is 5.05. The van der Waals surface area contributed by atoms with Crippen LogP contribution in [0.1, 0.15) is 18.9 Å². The SMILES string of the molecule is CCCSc1nc2c([nH]c(=O)c(=O)n2C)n1CCc1ccccc1. The second kappa shape index (κ2) is 7.09. The molecule has 0 aliphatic carbocycles. The molecule has 1 N–H and O–H groups in total. The molecule has 0 fully saturated rings. The highest BCUT2D eigenvalue weighted by Gasteiger charge is 2.16. The maximum absolute atomic E-state index is 11.9. The molecule has 126 valence electrons. The van der Waals surface area contributed by atoms with Gasteiger partial charge in [0.25, 0.3) is 0 Å². The van der Waals surface area contributed by atoms with Crippen molar-refractivity contribution in [3.63, 3.8) is 0 Å². The Morgan fingerprint density at radius 2 is 1.96 bits per heavy atom. The van der Waals surface area contributed by atoms with E-state index >= 15 is 0 Å². The minimum absolute atomic E-state index is 0.520. The smallest absolute Gasteiger partial charge is 0.303 e. The topological polar surface area (TPSA) is 72.7 Å². The molecular weight excluding hydrogens is 324 g/mol. The first-order valence-electron chi connectivity index (χ1n) is 7.98. The Balaban J connectivity index is 2.05. The number of benzene rings is 1. The van der Waals surface area contributed by atoms with Crippen LogP contribution in [0.25, 0.3) is 11.3 Å². The summed E-state index contributed by atoms with van der Waals surface area (Å²) in [7, 11) is 1.59. The molecule has 1 aromatic carbocycles. The third kappa shape index (κ3) is 3.17. The fraction of sp³-hybridized carbons (Fsp3) is 0.353. The summed E-state index contributed by atoms with van der Waals surface area (Å²) >= 11 is 1.64. The number of nitrogens with zero attached hydrogens (tertiary/aromatic N) is 3. The van der Waals surface area contributed by atoms with Crippen molar-refractivity contribution in [2.45, 2.75) is 31.5 Å². The van der Waals surface area contributed by atoms with Gasteiger partial charge in [0.1, 0.15) is 0 Å². The number of hydrogen-bond acceptors (Lipinski definition) is 4. The Kier molecular flexibility index (Phi) is 4.89. The second-order valence-electron chi connectivity index (χ2n) is 5.62. The molecule has 0 aliphatic heterocycles. The fourth-order valence-corrected chi connectivity index (χ4v) is 3.46. The lowest BCUT2D eigenvalue weighted by Gasteiger charge is -2.08. The molecule has 24 heavy (non-hydrogen) atoms. The molecule has 6 nitrogen and oxygen atoms in total. The molecule has 0 aliphatic rings. The van der Waals surface area contributed by atoms with Crippen LogP contribution < -0.4 is 11.1 Å². The molecule has 3 aromatic rings. The molecule has 0 atom stereocenters. The number of fused-ring (bicyclic) bond motifs is 1. The van der Waals surface area contributed by atoms with Gasteiger partial charge in [0, 0.05) is 19.3 Å². The van der Waals surface area contributed by atoms with Crippen LogP contribution in [0, 0.1) is 0 Å². The average molecular weight is 344 g/mol. The largest absolute Gasteiger partial charge is 0.317 e. The molecule has 2 heterocycles. The van der Waals surface area contributed by atoms with E-state index in [1.807, 2.05) is 22.8 Å². The van der Waals surface area contributed by atoms with Gasteiger partial charge in [-0.25, -0.2) is 4.98 Å². The summed E-state index contributed by atoms with van der Waals surface area (Å²) in [5.74, 6) is 0.937. The monoisotopic (exact) mass is 344 g/mol. The van der Waals surface area contributed by atoms with Crippen LogP contribution in [-0.4, -0.2) is 24.9 Å². The van der Waals surface area contributed by atoms with Crippen LogP contribution >= 0.6 is 11.8 Å². The molecule has 3 rings (SSSR count). The van der Waals surface area contributed by atoms with E-state index in [-0.39, 0.29) is 0 Å². The zero-order chi connectivity index (χ0) is 17.1. The minimum Gasteiger partial charge on any atom is -0.303 e. The maximum Gasteiger partial charge on any atom is 0.317 e. The van der Waals surface area contributed by atoms with E-state index in [1.165, 1.54) is 10.1 Å². The quantitative estimate of drug-likeness (QED) is 0.549. The summed E-state index contributed by atoms with van der Waals surface area (Å²) in [6.45, 7) is 2.81. The molecule has 0 saturated carbocycles. The van der Waals surface area contributed by atoms with Gasteiger partial charge in [0.15, 0.2) is 16.5 Å². The molecule has 0 spiro atoms. The molecular formula is C17H20N4O2S. The molecule has 0 unspecified atom stereocenters. The van der Waals surface area contributed by atoms with Crippen LogP contribution in [0.2, 0.25) is 0 Å². The number of rotatable bonds is 6. The first kappa shape index (κ1) is 16.6. The Bertz CT molecular complexity index is 956. The van der Waals surface area contributed by atoms with E-state index in [9.17, 15) is 9.59 Å². The number of aromatic nitrogens is 4. The van der Waals surface area contributed by atoms with E-state index in [1.54, 1.807) is 18.8 Å². The first-order chi connectivity index (χ1) is 11.6. The van der Waals surface area contributed by atoms with Crippen molar-refractivity contribution in [2.75, 3.05) is 5.75 Å². The van der Waals surface area contributed by atoms with Crippen LogP contribution in [0.3, 0.4) is 0 Å². The lowest BCUT2D eigenvalue weighted by atomic mass is 10.1. The number of aryl methyl sites for hydroxylation is 3. The van der Waals surface area contributed by atoms with Crippen LogP contribution in [-0.2, 0) is 20.0 Å². The highest BCUT2D eigenvalue weighted by atomic mass is 32.2. The predicted molar refractivity (Wildman–Crippen MR) is 96.8 cm³/mol. The van der Waals surface area contributed by atoms with Gasteiger partial charge in [-0.2, -0.15) is 0 Å². The zero-order valence-electron chi connectivity index (χ0n) is 13.8. The normalized spacial score (nSPS) is 11.2. The van der Waals surface area contributed by atoms with Crippen molar-refractivity contribution in [1.82, 2.24) is 19.1 Å². The van der Waals surface area contributed by atoms with E-state index in [0.717, 1.165) is 23.8 Å². The van der Waals surface area contributed by atoms with Crippen LogP contribution in [0.15, 0.2) is 45.1 Å². The maximum atomic E-state index is 11.9. The fourth-order valence-electron chi connectivity index (χ4n) is 2.58. The van der Waals surface area contributed by atoms with Crippen LogP contribution in [0.4, 0.5) is 0 Å². The van der Waals surface area contributed by atoms with Crippen molar-refractivity contribution in [2.24, 2.45) is 7.05 Å². The van der Waals surface area contributed by atoms with Gasteiger partial charge in [-0.3, -0.25) is 14.2 Å².